The monoisotopic (exact) mass is 249 g/mol. The Bertz CT molecular complexity index is 434. The fourth-order valence-corrected chi connectivity index (χ4v) is 2.16. The van der Waals surface area contributed by atoms with Gasteiger partial charge in [0.1, 0.15) is 5.69 Å². The number of nitrogens with one attached hydrogen (secondary N) is 1. The zero-order valence-corrected chi connectivity index (χ0v) is 10.9. The Morgan fingerprint density at radius 1 is 1.56 bits per heavy atom. The third-order valence-electron chi connectivity index (χ3n) is 3.25. The Balaban J connectivity index is 2.08. The molecule has 1 amide bonds. The molecular weight excluding hydrogens is 230 g/mol. The third-order valence-corrected chi connectivity index (χ3v) is 3.25. The Kier molecular flexibility index (Phi) is 4.28. The number of aromatic nitrogens is 1. The van der Waals surface area contributed by atoms with Crippen molar-refractivity contribution in [2.45, 2.75) is 13.0 Å². The van der Waals surface area contributed by atoms with Crippen molar-refractivity contribution in [3.05, 3.63) is 29.1 Å². The molecule has 2 rings (SSSR count). The van der Waals surface area contributed by atoms with E-state index in [0.29, 0.717) is 5.69 Å². The van der Waals surface area contributed by atoms with Crippen LogP contribution in [0.4, 0.5) is 0 Å². The molecule has 1 aliphatic rings. The van der Waals surface area contributed by atoms with Crippen LogP contribution in [0.5, 0.6) is 0 Å². The maximum absolute atomic E-state index is 11.5. The Morgan fingerprint density at radius 3 is 3.11 bits per heavy atom. The molecule has 1 aromatic heterocycles. The SMILES string of the molecule is CNC(=O)c1cc2c(cn1)CN(CCOC)CC2. The summed E-state index contributed by atoms with van der Waals surface area (Å²) in [5, 5.41) is 2.60. The van der Waals surface area contributed by atoms with Crippen molar-refractivity contribution in [3.63, 3.8) is 0 Å². The first-order valence-electron chi connectivity index (χ1n) is 6.15. The molecule has 18 heavy (non-hydrogen) atoms. The van der Waals surface area contributed by atoms with Crippen LogP contribution in [0.1, 0.15) is 21.6 Å². The van der Waals surface area contributed by atoms with Crippen LogP contribution in [0.3, 0.4) is 0 Å². The molecule has 1 aliphatic heterocycles. The lowest BCUT2D eigenvalue weighted by atomic mass is 10.0. The molecule has 0 unspecified atom stereocenters. The average molecular weight is 249 g/mol. The molecule has 0 aliphatic carbocycles. The molecule has 0 fully saturated rings. The van der Waals surface area contributed by atoms with Gasteiger partial charge in [0.25, 0.3) is 5.91 Å². The first-order valence-corrected chi connectivity index (χ1v) is 6.15. The van der Waals surface area contributed by atoms with Crippen molar-refractivity contribution in [2.24, 2.45) is 0 Å². The van der Waals surface area contributed by atoms with E-state index in [1.165, 1.54) is 11.1 Å². The molecule has 0 spiro atoms. The van der Waals surface area contributed by atoms with Crippen molar-refractivity contribution in [2.75, 3.05) is 33.9 Å². The van der Waals surface area contributed by atoms with Gasteiger partial charge < -0.3 is 10.1 Å². The number of hydrogen-bond donors (Lipinski definition) is 1. The maximum Gasteiger partial charge on any atom is 0.269 e. The molecule has 0 radical (unpaired) electrons. The second kappa shape index (κ2) is 5.93. The number of carbonyl (C=O) groups excluding carboxylic acids is 1. The predicted molar refractivity (Wildman–Crippen MR) is 68.5 cm³/mol. The highest BCUT2D eigenvalue weighted by atomic mass is 16.5. The van der Waals surface area contributed by atoms with E-state index >= 15 is 0 Å². The summed E-state index contributed by atoms with van der Waals surface area (Å²) in [6.07, 6.45) is 2.78. The molecule has 1 aromatic rings. The normalized spacial score (nSPS) is 15.2. The van der Waals surface area contributed by atoms with Crippen LogP contribution in [0.2, 0.25) is 0 Å². The highest BCUT2D eigenvalue weighted by Crippen LogP contribution is 2.18. The van der Waals surface area contributed by atoms with Gasteiger partial charge in [0.15, 0.2) is 0 Å². The minimum Gasteiger partial charge on any atom is -0.383 e. The molecule has 5 heteroatoms. The van der Waals surface area contributed by atoms with E-state index in [4.69, 9.17) is 4.74 Å². The summed E-state index contributed by atoms with van der Waals surface area (Å²) in [5.74, 6) is -0.125. The number of carbonyl (C=O) groups is 1. The van der Waals surface area contributed by atoms with Crippen molar-refractivity contribution in [1.82, 2.24) is 15.2 Å². The number of rotatable bonds is 4. The van der Waals surface area contributed by atoms with E-state index in [0.717, 1.165) is 32.7 Å². The van der Waals surface area contributed by atoms with Crippen molar-refractivity contribution in [3.8, 4) is 0 Å². The smallest absolute Gasteiger partial charge is 0.269 e. The van der Waals surface area contributed by atoms with Crippen LogP contribution in [0.25, 0.3) is 0 Å². The molecule has 0 bridgehead atoms. The number of nitrogens with zero attached hydrogens (tertiary/aromatic N) is 2. The highest BCUT2D eigenvalue weighted by Gasteiger charge is 2.18. The van der Waals surface area contributed by atoms with Crippen molar-refractivity contribution >= 4 is 5.91 Å². The van der Waals surface area contributed by atoms with Gasteiger partial charge in [-0.2, -0.15) is 0 Å². The first kappa shape index (κ1) is 13.0. The van der Waals surface area contributed by atoms with Crippen LogP contribution in [0.15, 0.2) is 12.3 Å². The summed E-state index contributed by atoms with van der Waals surface area (Å²) in [7, 11) is 3.34. The van der Waals surface area contributed by atoms with E-state index in [1.54, 1.807) is 14.2 Å². The van der Waals surface area contributed by atoms with Gasteiger partial charge in [-0.05, 0) is 23.6 Å². The van der Waals surface area contributed by atoms with Gasteiger partial charge in [-0.25, -0.2) is 0 Å². The Morgan fingerprint density at radius 2 is 2.39 bits per heavy atom. The van der Waals surface area contributed by atoms with Gasteiger partial charge >= 0.3 is 0 Å². The number of methoxy groups -OCH3 is 1. The summed E-state index contributed by atoms with van der Waals surface area (Å²) < 4.78 is 5.09. The number of pyridine rings is 1. The molecule has 0 atom stereocenters. The van der Waals surface area contributed by atoms with Gasteiger partial charge in [0.05, 0.1) is 6.61 Å². The molecule has 2 heterocycles. The minimum absolute atomic E-state index is 0.125. The fraction of sp³-hybridized carbons (Fsp3) is 0.538. The minimum atomic E-state index is -0.125. The third kappa shape index (κ3) is 2.86. The van der Waals surface area contributed by atoms with Crippen LogP contribution in [-0.2, 0) is 17.7 Å². The largest absolute Gasteiger partial charge is 0.383 e. The zero-order valence-electron chi connectivity index (χ0n) is 10.9. The number of ether oxygens (including phenoxy) is 1. The van der Waals surface area contributed by atoms with E-state index < -0.39 is 0 Å². The van der Waals surface area contributed by atoms with E-state index in [2.05, 4.69) is 15.2 Å². The summed E-state index contributed by atoms with van der Waals surface area (Å²) in [6.45, 7) is 3.58. The van der Waals surface area contributed by atoms with Crippen LogP contribution in [0, 0.1) is 0 Å². The average Bonchev–Trinajstić information content (AvgIpc) is 2.43. The van der Waals surface area contributed by atoms with Crippen molar-refractivity contribution in [1.29, 1.82) is 0 Å². The fourth-order valence-electron chi connectivity index (χ4n) is 2.16. The molecule has 0 saturated carbocycles. The molecule has 0 aromatic carbocycles. The standard InChI is InChI=1S/C13H19N3O2/c1-14-13(17)12-7-10-3-4-16(5-6-18-2)9-11(10)8-15-12/h7-8H,3-6,9H2,1-2H3,(H,14,17). The predicted octanol–water partition coefficient (Wildman–Crippen LogP) is 0.446. The Labute approximate surface area is 107 Å². The molecule has 1 N–H and O–H groups in total. The van der Waals surface area contributed by atoms with Crippen LogP contribution < -0.4 is 5.32 Å². The second-order valence-corrected chi connectivity index (χ2v) is 4.44. The summed E-state index contributed by atoms with van der Waals surface area (Å²) >= 11 is 0. The van der Waals surface area contributed by atoms with E-state index in [1.807, 2.05) is 12.3 Å². The second-order valence-electron chi connectivity index (χ2n) is 4.44. The van der Waals surface area contributed by atoms with Gasteiger partial charge in [-0.15, -0.1) is 0 Å². The van der Waals surface area contributed by atoms with Crippen LogP contribution in [-0.4, -0.2) is 49.6 Å². The lowest BCUT2D eigenvalue weighted by molar-refractivity contribution is 0.0958. The molecule has 98 valence electrons. The number of amides is 1. The Hall–Kier alpha value is -1.46. The van der Waals surface area contributed by atoms with E-state index in [9.17, 15) is 4.79 Å². The quantitative estimate of drug-likeness (QED) is 0.841. The zero-order chi connectivity index (χ0) is 13.0. The topological polar surface area (TPSA) is 54.5 Å². The van der Waals surface area contributed by atoms with Gasteiger partial charge in [0.2, 0.25) is 0 Å². The lowest BCUT2D eigenvalue weighted by Crippen LogP contribution is -2.33. The molecular formula is C13H19N3O2. The van der Waals surface area contributed by atoms with Gasteiger partial charge in [0, 0.05) is 40.0 Å². The highest BCUT2D eigenvalue weighted by molar-refractivity contribution is 5.92. The lowest BCUT2D eigenvalue weighted by Gasteiger charge is -2.28. The molecule has 5 nitrogen and oxygen atoms in total. The molecule has 0 saturated heterocycles. The summed E-state index contributed by atoms with van der Waals surface area (Å²) in [4.78, 5) is 18.1. The van der Waals surface area contributed by atoms with E-state index in [-0.39, 0.29) is 5.91 Å². The number of hydrogen-bond acceptors (Lipinski definition) is 4. The maximum atomic E-state index is 11.5. The van der Waals surface area contributed by atoms with Gasteiger partial charge in [-0.3, -0.25) is 14.7 Å². The van der Waals surface area contributed by atoms with Gasteiger partial charge in [-0.1, -0.05) is 0 Å². The number of fused-ring (bicyclic) bond motifs is 1. The van der Waals surface area contributed by atoms with Crippen LogP contribution >= 0.6 is 0 Å². The summed E-state index contributed by atoms with van der Waals surface area (Å²) in [6, 6.07) is 1.90. The first-order chi connectivity index (χ1) is 8.74. The van der Waals surface area contributed by atoms with Crippen molar-refractivity contribution < 1.29 is 9.53 Å². The summed E-state index contributed by atoms with van der Waals surface area (Å²) in [5.41, 5.74) is 2.95.